The molecule has 4 rings (SSSR count). The molecule has 0 saturated carbocycles. The zero-order valence-electron chi connectivity index (χ0n) is 21.7. The van der Waals surface area contributed by atoms with E-state index in [1.165, 1.54) is 18.9 Å². The van der Waals surface area contributed by atoms with Crippen LogP contribution >= 0.6 is 11.8 Å². The third-order valence-corrected chi connectivity index (χ3v) is 6.80. The van der Waals surface area contributed by atoms with Gasteiger partial charge in [-0.05, 0) is 52.0 Å². The van der Waals surface area contributed by atoms with Gasteiger partial charge in [-0.3, -0.25) is 14.7 Å². The van der Waals surface area contributed by atoms with Crippen LogP contribution < -0.4 is 14.2 Å². The van der Waals surface area contributed by atoms with E-state index in [4.69, 9.17) is 18.9 Å². The van der Waals surface area contributed by atoms with E-state index < -0.39 is 11.5 Å². The molecule has 1 fully saturated rings. The number of aliphatic imine (C=N–C) groups is 1. The van der Waals surface area contributed by atoms with Crippen molar-refractivity contribution in [2.24, 2.45) is 4.99 Å². The minimum atomic E-state index is -0.588. The third kappa shape index (κ3) is 5.09. The van der Waals surface area contributed by atoms with Crippen LogP contribution in [0.5, 0.6) is 17.2 Å². The number of carbonyl (C=O) groups excluding carboxylic acids is 2. The number of nitrogens with zero attached hydrogens (tertiary/aromatic N) is 2. The molecule has 1 saturated heterocycles. The maximum Gasteiger partial charge on any atom is 0.341 e. The average molecular weight is 523 g/mol. The topological polar surface area (TPSA) is 86.7 Å². The molecule has 2 aliphatic rings. The second kappa shape index (κ2) is 11.1. The summed E-state index contributed by atoms with van der Waals surface area (Å²) in [5.74, 6) is 0.832. The Labute approximate surface area is 220 Å². The summed E-state index contributed by atoms with van der Waals surface area (Å²) in [7, 11) is 2.89. The first kappa shape index (κ1) is 26.3. The number of rotatable bonds is 8. The number of thioether (sulfide) groups is 1. The summed E-state index contributed by atoms with van der Waals surface area (Å²) < 4.78 is 22.4. The van der Waals surface area contributed by atoms with Gasteiger partial charge in [0.25, 0.3) is 5.91 Å². The van der Waals surface area contributed by atoms with Crippen molar-refractivity contribution >= 4 is 41.1 Å². The summed E-state index contributed by atoms with van der Waals surface area (Å²) in [6.45, 7) is 7.92. The molecule has 2 heterocycles. The van der Waals surface area contributed by atoms with Crippen LogP contribution in [0, 0.1) is 0 Å². The van der Waals surface area contributed by atoms with E-state index >= 15 is 0 Å². The molecule has 37 heavy (non-hydrogen) atoms. The molecule has 0 aromatic heterocycles. The molecule has 0 N–H and O–H groups in total. The Kier molecular flexibility index (Phi) is 7.92. The van der Waals surface area contributed by atoms with Crippen LogP contribution in [0.25, 0.3) is 11.8 Å². The van der Waals surface area contributed by atoms with Gasteiger partial charge < -0.3 is 18.9 Å². The van der Waals surface area contributed by atoms with Gasteiger partial charge >= 0.3 is 5.97 Å². The van der Waals surface area contributed by atoms with Gasteiger partial charge in [-0.2, -0.15) is 0 Å². The van der Waals surface area contributed by atoms with E-state index in [1.807, 2.05) is 63.2 Å². The van der Waals surface area contributed by atoms with Crippen LogP contribution in [0.2, 0.25) is 0 Å². The molecule has 0 bridgehead atoms. The van der Waals surface area contributed by atoms with Crippen LogP contribution in [0.1, 0.15) is 38.8 Å². The molecule has 2 aliphatic heterocycles. The summed E-state index contributed by atoms with van der Waals surface area (Å²) in [4.78, 5) is 33.6. The number of carbonyl (C=O) groups is 2. The van der Waals surface area contributed by atoms with E-state index in [-0.39, 0.29) is 17.6 Å². The SMILES string of the molecule is CCOc1c(/C=C2\S[C@H]3N=C(C)C(C(=O)OC)=C(c4ccccc4OC(C)C)N3C2=O)cccc1OC. The molecule has 0 aliphatic carbocycles. The van der Waals surface area contributed by atoms with Crippen LogP contribution in [-0.4, -0.2) is 54.9 Å². The Balaban J connectivity index is 1.87. The lowest BCUT2D eigenvalue weighted by Crippen LogP contribution is -2.37. The number of hydrogen-bond donors (Lipinski definition) is 0. The summed E-state index contributed by atoms with van der Waals surface area (Å²) in [6.07, 6.45) is 1.66. The summed E-state index contributed by atoms with van der Waals surface area (Å²) >= 11 is 1.31. The maximum atomic E-state index is 13.9. The Morgan fingerprint density at radius 2 is 1.86 bits per heavy atom. The van der Waals surface area contributed by atoms with Gasteiger partial charge in [0.05, 0.1) is 43.2 Å². The molecule has 9 heteroatoms. The van der Waals surface area contributed by atoms with E-state index in [2.05, 4.69) is 4.99 Å². The highest BCUT2D eigenvalue weighted by molar-refractivity contribution is 8.05. The van der Waals surface area contributed by atoms with Gasteiger partial charge in [-0.15, -0.1) is 0 Å². The fourth-order valence-electron chi connectivity index (χ4n) is 4.23. The molecule has 194 valence electrons. The van der Waals surface area contributed by atoms with E-state index in [0.29, 0.717) is 51.3 Å². The van der Waals surface area contributed by atoms with Crippen molar-refractivity contribution < 1.29 is 28.5 Å². The Hall–Kier alpha value is -3.72. The van der Waals surface area contributed by atoms with E-state index in [0.717, 1.165) is 0 Å². The van der Waals surface area contributed by atoms with Gasteiger partial charge in [0.2, 0.25) is 0 Å². The van der Waals surface area contributed by atoms with Crippen molar-refractivity contribution in [3.05, 3.63) is 64.1 Å². The summed E-state index contributed by atoms with van der Waals surface area (Å²) in [5.41, 5.74) is 1.86. The molecule has 2 aromatic rings. The molecule has 0 unspecified atom stereocenters. The predicted octanol–water partition coefficient (Wildman–Crippen LogP) is 5.14. The first-order valence-electron chi connectivity index (χ1n) is 12.0. The lowest BCUT2D eigenvalue weighted by Gasteiger charge is -2.31. The van der Waals surface area contributed by atoms with Crippen molar-refractivity contribution in [3.8, 4) is 17.2 Å². The van der Waals surface area contributed by atoms with Crippen LogP contribution in [-0.2, 0) is 14.3 Å². The highest BCUT2D eigenvalue weighted by atomic mass is 32.2. The van der Waals surface area contributed by atoms with Crippen molar-refractivity contribution in [1.82, 2.24) is 4.90 Å². The second-order valence-corrected chi connectivity index (χ2v) is 9.63. The Morgan fingerprint density at radius 3 is 2.54 bits per heavy atom. The maximum absolute atomic E-state index is 13.9. The van der Waals surface area contributed by atoms with Crippen molar-refractivity contribution in [2.45, 2.75) is 39.3 Å². The summed E-state index contributed by atoms with van der Waals surface area (Å²) in [6, 6.07) is 12.9. The normalized spacial score (nSPS) is 18.2. The highest BCUT2D eigenvalue weighted by Gasteiger charge is 2.45. The second-order valence-electron chi connectivity index (χ2n) is 8.53. The van der Waals surface area contributed by atoms with Gasteiger partial charge in [0, 0.05) is 11.1 Å². The van der Waals surface area contributed by atoms with Crippen molar-refractivity contribution in [1.29, 1.82) is 0 Å². The van der Waals surface area contributed by atoms with E-state index in [9.17, 15) is 9.59 Å². The van der Waals surface area contributed by atoms with Crippen LogP contribution in [0.4, 0.5) is 0 Å². The number of benzene rings is 2. The minimum absolute atomic E-state index is 0.110. The number of para-hydroxylation sites is 2. The molecule has 1 amide bonds. The van der Waals surface area contributed by atoms with Gasteiger partial charge in [-0.1, -0.05) is 36.0 Å². The average Bonchev–Trinajstić information content (AvgIpc) is 3.18. The smallest absolute Gasteiger partial charge is 0.341 e. The third-order valence-electron chi connectivity index (χ3n) is 5.73. The van der Waals surface area contributed by atoms with Gasteiger partial charge in [0.15, 0.2) is 17.0 Å². The first-order chi connectivity index (χ1) is 17.8. The largest absolute Gasteiger partial charge is 0.493 e. The molecule has 8 nitrogen and oxygen atoms in total. The fraction of sp³-hybridized carbons (Fsp3) is 0.321. The van der Waals surface area contributed by atoms with Gasteiger partial charge in [-0.25, -0.2) is 4.79 Å². The van der Waals surface area contributed by atoms with Crippen LogP contribution in [0.3, 0.4) is 0 Å². The zero-order chi connectivity index (χ0) is 26.7. The number of methoxy groups -OCH3 is 2. The molecule has 0 radical (unpaired) electrons. The number of hydrogen-bond acceptors (Lipinski definition) is 8. The fourth-order valence-corrected chi connectivity index (χ4v) is 5.37. The van der Waals surface area contributed by atoms with Crippen molar-refractivity contribution in [2.75, 3.05) is 20.8 Å². The minimum Gasteiger partial charge on any atom is -0.493 e. The molecular weight excluding hydrogens is 492 g/mol. The van der Waals surface area contributed by atoms with Crippen LogP contribution in [0.15, 0.2) is 57.9 Å². The molecule has 1 atom stereocenters. The standard InChI is InChI=1S/C28H30N2O6S/c1-7-35-25-18(11-10-14-21(25)33-5)15-22-26(31)30-24(19-12-8-9-13-20(19)36-16(2)3)23(27(32)34-6)17(4)29-28(30)37-22/h8-16,28H,7H2,1-6H3/b22-15-/t28-/m0/s1. The number of fused-ring (bicyclic) bond motifs is 1. The molecule has 2 aromatic carbocycles. The van der Waals surface area contributed by atoms with E-state index in [1.54, 1.807) is 25.0 Å². The Morgan fingerprint density at radius 1 is 1.14 bits per heavy atom. The monoisotopic (exact) mass is 522 g/mol. The first-order valence-corrected chi connectivity index (χ1v) is 12.8. The lowest BCUT2D eigenvalue weighted by molar-refractivity contribution is -0.135. The lowest BCUT2D eigenvalue weighted by atomic mass is 9.99. The number of amides is 1. The number of esters is 1. The highest BCUT2D eigenvalue weighted by Crippen LogP contribution is 2.47. The predicted molar refractivity (Wildman–Crippen MR) is 145 cm³/mol. The quantitative estimate of drug-likeness (QED) is 0.350. The zero-order valence-corrected chi connectivity index (χ0v) is 22.5. The summed E-state index contributed by atoms with van der Waals surface area (Å²) in [5, 5.41) is 0. The number of ether oxygens (including phenoxy) is 4. The van der Waals surface area contributed by atoms with Gasteiger partial charge in [0.1, 0.15) is 11.3 Å². The van der Waals surface area contributed by atoms with Crippen molar-refractivity contribution in [3.63, 3.8) is 0 Å². The Bertz CT molecular complexity index is 1310. The molecular formula is C28H30N2O6S. The molecule has 0 spiro atoms.